The molecule has 1 atom stereocenters. The minimum atomic E-state index is -0.294. The average Bonchev–Trinajstić information content (AvgIpc) is 2.36. The zero-order chi connectivity index (χ0) is 14.7. The zero-order valence-corrected chi connectivity index (χ0v) is 12.0. The topological polar surface area (TPSA) is 78.5 Å². The number of ether oxygens (including phenoxy) is 1. The first-order valence-electron chi connectivity index (χ1n) is 6.57. The summed E-state index contributed by atoms with van der Waals surface area (Å²) in [5, 5.41) is 0. The molecule has 0 spiro atoms. The molecule has 0 bridgehead atoms. The van der Waals surface area contributed by atoms with Crippen molar-refractivity contribution < 1.29 is 9.53 Å². The zero-order valence-electron chi connectivity index (χ0n) is 12.0. The predicted octanol–water partition coefficient (Wildman–Crippen LogP) is -0.460. The number of aryl methyl sites for hydroxylation is 1. The minimum Gasteiger partial charge on any atom is -0.377 e. The molecule has 2 heterocycles. The fourth-order valence-corrected chi connectivity index (χ4v) is 2.28. The van der Waals surface area contributed by atoms with E-state index in [0.717, 1.165) is 0 Å². The normalized spacial score (nSPS) is 19.4. The Balaban J connectivity index is 2.26. The fraction of sp³-hybridized carbons (Fsp3) is 0.615. The number of aromatic nitrogens is 2. The summed E-state index contributed by atoms with van der Waals surface area (Å²) in [6.45, 7) is 3.46. The van der Waals surface area contributed by atoms with Crippen LogP contribution in [0.2, 0.25) is 0 Å². The number of hydrogen-bond donors (Lipinski definition) is 1. The molecule has 1 aliphatic heterocycles. The van der Waals surface area contributed by atoms with E-state index in [-0.39, 0.29) is 17.5 Å². The molecule has 2 rings (SSSR count). The Hall–Kier alpha value is -1.73. The lowest BCUT2D eigenvalue weighted by molar-refractivity contribution is -0.141. The minimum absolute atomic E-state index is 0.0167. The molecule has 0 radical (unpaired) electrons. The van der Waals surface area contributed by atoms with Crippen LogP contribution in [0.1, 0.15) is 17.6 Å². The molecule has 7 heteroatoms. The van der Waals surface area contributed by atoms with Crippen molar-refractivity contribution in [3.8, 4) is 0 Å². The van der Waals surface area contributed by atoms with Crippen LogP contribution in [0.5, 0.6) is 0 Å². The van der Waals surface area contributed by atoms with Crippen LogP contribution in [0.15, 0.2) is 10.9 Å². The second-order valence-electron chi connectivity index (χ2n) is 5.17. The lowest BCUT2D eigenvalue weighted by atomic mass is 10.1. The van der Waals surface area contributed by atoms with Crippen molar-refractivity contribution in [1.29, 1.82) is 0 Å². The number of nitrogens with one attached hydrogen (secondary N) is 1. The van der Waals surface area contributed by atoms with Crippen LogP contribution < -0.4 is 5.56 Å². The number of H-pyrrole nitrogens is 1. The molecule has 1 amide bonds. The Labute approximate surface area is 117 Å². The highest BCUT2D eigenvalue weighted by Gasteiger charge is 2.30. The van der Waals surface area contributed by atoms with E-state index in [1.807, 2.05) is 19.0 Å². The van der Waals surface area contributed by atoms with Gasteiger partial charge in [-0.3, -0.25) is 9.59 Å². The number of carbonyl (C=O) groups excluding carboxylic acids is 1. The van der Waals surface area contributed by atoms with E-state index in [9.17, 15) is 9.59 Å². The summed E-state index contributed by atoms with van der Waals surface area (Å²) < 4.78 is 5.44. The number of nitrogens with zero attached hydrogens (tertiary/aromatic N) is 3. The first kappa shape index (κ1) is 14.7. The third kappa shape index (κ3) is 3.43. The van der Waals surface area contributed by atoms with Gasteiger partial charge in [0.1, 0.15) is 5.82 Å². The average molecular weight is 280 g/mol. The number of amides is 1. The molecule has 1 N–H and O–H groups in total. The molecule has 110 valence electrons. The molecular formula is C13H20N4O3. The van der Waals surface area contributed by atoms with Gasteiger partial charge in [0.15, 0.2) is 0 Å². The molecule has 0 aliphatic carbocycles. The van der Waals surface area contributed by atoms with Crippen molar-refractivity contribution in [3.05, 3.63) is 27.9 Å². The van der Waals surface area contributed by atoms with Gasteiger partial charge in [-0.2, -0.15) is 0 Å². The smallest absolute Gasteiger partial charge is 0.251 e. The van der Waals surface area contributed by atoms with E-state index in [0.29, 0.717) is 37.8 Å². The van der Waals surface area contributed by atoms with Gasteiger partial charge in [-0.05, 0) is 21.0 Å². The van der Waals surface area contributed by atoms with Crippen molar-refractivity contribution >= 4 is 5.91 Å². The molecule has 0 unspecified atom stereocenters. The number of hydrogen-bond acceptors (Lipinski definition) is 5. The largest absolute Gasteiger partial charge is 0.377 e. The van der Waals surface area contributed by atoms with E-state index in [2.05, 4.69) is 9.97 Å². The Morgan fingerprint density at radius 1 is 1.60 bits per heavy atom. The lowest BCUT2D eigenvalue weighted by Gasteiger charge is -2.35. The maximum atomic E-state index is 12.3. The van der Waals surface area contributed by atoms with Crippen molar-refractivity contribution in [2.75, 3.05) is 40.4 Å². The maximum Gasteiger partial charge on any atom is 0.251 e. The Kier molecular flexibility index (Phi) is 4.51. The maximum absolute atomic E-state index is 12.3. The molecule has 0 saturated carbocycles. The lowest BCUT2D eigenvalue weighted by Crippen LogP contribution is -2.47. The Morgan fingerprint density at radius 2 is 2.35 bits per heavy atom. The van der Waals surface area contributed by atoms with Crippen molar-refractivity contribution in [2.45, 2.75) is 13.0 Å². The summed E-state index contributed by atoms with van der Waals surface area (Å²) in [5.74, 6) is 0.557. The highest BCUT2D eigenvalue weighted by Crippen LogP contribution is 2.22. The summed E-state index contributed by atoms with van der Waals surface area (Å²) in [6.07, 6.45) is 0. The van der Waals surface area contributed by atoms with E-state index in [1.165, 1.54) is 6.07 Å². The molecule has 1 aromatic heterocycles. The van der Waals surface area contributed by atoms with E-state index in [4.69, 9.17) is 4.74 Å². The van der Waals surface area contributed by atoms with Gasteiger partial charge in [0.05, 0.1) is 31.5 Å². The summed E-state index contributed by atoms with van der Waals surface area (Å²) in [7, 11) is 3.70. The van der Waals surface area contributed by atoms with Crippen molar-refractivity contribution in [3.63, 3.8) is 0 Å². The van der Waals surface area contributed by atoms with Crippen LogP contribution in [0, 0.1) is 6.92 Å². The molecular weight excluding hydrogens is 260 g/mol. The number of carbonyl (C=O) groups is 1. The quantitative estimate of drug-likeness (QED) is 0.810. The van der Waals surface area contributed by atoms with Crippen LogP contribution in [0.25, 0.3) is 0 Å². The Bertz CT molecular complexity index is 541. The second-order valence-corrected chi connectivity index (χ2v) is 5.17. The molecule has 1 aliphatic rings. The van der Waals surface area contributed by atoms with E-state index < -0.39 is 0 Å². The summed E-state index contributed by atoms with van der Waals surface area (Å²) >= 11 is 0. The summed E-state index contributed by atoms with van der Waals surface area (Å²) in [5.41, 5.74) is 0.371. The molecule has 1 fully saturated rings. The number of morpholine rings is 1. The summed E-state index contributed by atoms with van der Waals surface area (Å²) in [4.78, 5) is 34.3. The number of likely N-dealkylation sites (N-methyl/N-ethyl adjacent to an activating group) is 1. The van der Waals surface area contributed by atoms with Crippen LogP contribution in [-0.2, 0) is 9.53 Å². The van der Waals surface area contributed by atoms with Crippen LogP contribution in [0.4, 0.5) is 0 Å². The van der Waals surface area contributed by atoms with Crippen molar-refractivity contribution in [1.82, 2.24) is 19.8 Å². The monoisotopic (exact) mass is 280 g/mol. The Morgan fingerprint density at radius 3 is 3.00 bits per heavy atom. The van der Waals surface area contributed by atoms with Crippen LogP contribution in [-0.4, -0.2) is 66.1 Å². The second kappa shape index (κ2) is 6.15. The first-order valence-corrected chi connectivity index (χ1v) is 6.57. The standard InChI is InChI=1S/C13H20N4O3/c1-9-14-10(6-12(18)15-9)11-8-20-5-4-17(11)13(19)7-16(2)3/h6,11H,4-5,7-8H2,1-3H3,(H,14,15,18)/t11-/m0/s1. The molecule has 0 aromatic carbocycles. The highest BCUT2D eigenvalue weighted by atomic mass is 16.5. The predicted molar refractivity (Wildman–Crippen MR) is 73.4 cm³/mol. The summed E-state index contributed by atoms with van der Waals surface area (Å²) in [6, 6.07) is 1.14. The van der Waals surface area contributed by atoms with Gasteiger partial charge in [0.2, 0.25) is 5.91 Å². The number of rotatable bonds is 3. The van der Waals surface area contributed by atoms with Gasteiger partial charge in [0.25, 0.3) is 5.56 Å². The SMILES string of the molecule is Cc1nc([C@@H]2COCCN2C(=O)CN(C)C)cc(=O)[nH]1. The van der Waals surface area contributed by atoms with Crippen molar-refractivity contribution in [2.24, 2.45) is 0 Å². The molecule has 7 nitrogen and oxygen atoms in total. The van der Waals surface area contributed by atoms with Crippen LogP contribution >= 0.6 is 0 Å². The first-order chi connectivity index (χ1) is 9.47. The molecule has 1 saturated heterocycles. The third-order valence-corrected chi connectivity index (χ3v) is 3.12. The van der Waals surface area contributed by atoms with Gasteiger partial charge in [-0.25, -0.2) is 4.98 Å². The van der Waals surface area contributed by atoms with Gasteiger partial charge < -0.3 is 19.5 Å². The van der Waals surface area contributed by atoms with Crippen LogP contribution in [0.3, 0.4) is 0 Å². The van der Waals surface area contributed by atoms with E-state index >= 15 is 0 Å². The van der Waals surface area contributed by atoms with Gasteiger partial charge in [-0.1, -0.05) is 0 Å². The van der Waals surface area contributed by atoms with E-state index in [1.54, 1.807) is 11.8 Å². The van der Waals surface area contributed by atoms with Gasteiger partial charge in [0, 0.05) is 12.6 Å². The molecule has 20 heavy (non-hydrogen) atoms. The molecule has 1 aromatic rings. The fourth-order valence-electron chi connectivity index (χ4n) is 2.28. The van der Waals surface area contributed by atoms with Gasteiger partial charge in [-0.15, -0.1) is 0 Å². The number of aromatic amines is 1. The highest BCUT2D eigenvalue weighted by molar-refractivity contribution is 5.78. The third-order valence-electron chi connectivity index (χ3n) is 3.12. The van der Waals surface area contributed by atoms with Gasteiger partial charge >= 0.3 is 0 Å².